The van der Waals surface area contributed by atoms with Crippen molar-refractivity contribution in [1.82, 2.24) is 19.9 Å². The van der Waals surface area contributed by atoms with Gasteiger partial charge in [-0.3, -0.25) is 0 Å². The zero-order valence-corrected chi connectivity index (χ0v) is 33.7. The molecule has 0 radical (unpaired) electrons. The molecule has 0 unspecified atom stereocenters. The van der Waals surface area contributed by atoms with E-state index in [0.29, 0.717) is 17.5 Å². The molecule has 0 aliphatic carbocycles. The molecule has 0 amide bonds. The Kier molecular flexibility index (Phi) is 8.18. The van der Waals surface area contributed by atoms with Crippen molar-refractivity contribution in [2.24, 2.45) is 0 Å². The molecule has 0 aliphatic rings. The lowest BCUT2D eigenvalue weighted by Gasteiger charge is -2.12. The summed E-state index contributed by atoms with van der Waals surface area (Å²) in [5.41, 5.74) is 10.5. The van der Waals surface area contributed by atoms with Crippen molar-refractivity contribution < 1.29 is 0 Å². The van der Waals surface area contributed by atoms with Crippen molar-refractivity contribution in [3.63, 3.8) is 0 Å². The second-order valence-corrected chi connectivity index (χ2v) is 17.1. The normalized spacial score (nSPS) is 11.7. The van der Waals surface area contributed by atoms with Crippen LogP contribution < -0.4 is 0 Å². The number of aromatic nitrogens is 4. The molecular weight excluding hydrogens is 769 g/mol. The summed E-state index contributed by atoms with van der Waals surface area (Å²) in [5, 5.41) is 6.08. The second kappa shape index (κ2) is 14.2. The first-order valence-corrected chi connectivity index (χ1v) is 21.6. The van der Waals surface area contributed by atoms with Crippen molar-refractivity contribution in [3.8, 4) is 67.7 Å². The predicted octanol–water partition coefficient (Wildman–Crippen LogP) is 15.2. The van der Waals surface area contributed by atoms with E-state index in [1.54, 1.807) is 22.7 Å². The first kappa shape index (κ1) is 34.6. The van der Waals surface area contributed by atoms with Gasteiger partial charge in [-0.2, -0.15) is 0 Å². The predicted molar refractivity (Wildman–Crippen MR) is 254 cm³/mol. The van der Waals surface area contributed by atoms with Crippen LogP contribution in [0.15, 0.2) is 194 Å². The van der Waals surface area contributed by atoms with Gasteiger partial charge in [0.25, 0.3) is 0 Å². The lowest BCUT2D eigenvalue weighted by Crippen LogP contribution is -2.00. The molecule has 280 valence electrons. The van der Waals surface area contributed by atoms with Crippen LogP contribution in [0.3, 0.4) is 0 Å². The molecule has 4 aromatic heterocycles. The van der Waals surface area contributed by atoms with Crippen molar-refractivity contribution in [2.75, 3.05) is 0 Å². The molecule has 0 bridgehead atoms. The van der Waals surface area contributed by atoms with Crippen molar-refractivity contribution in [3.05, 3.63) is 194 Å². The quantitative estimate of drug-likeness (QED) is 0.168. The average Bonchev–Trinajstić information content (AvgIpc) is 3.91. The van der Waals surface area contributed by atoms with Crippen LogP contribution in [-0.2, 0) is 0 Å². The van der Waals surface area contributed by atoms with Crippen LogP contribution in [0.4, 0.5) is 0 Å². The Hall–Kier alpha value is -7.38. The Morgan fingerprint density at radius 2 is 0.833 bits per heavy atom. The number of rotatable bonds is 6. The van der Waals surface area contributed by atoms with E-state index < -0.39 is 0 Å². The van der Waals surface area contributed by atoms with Gasteiger partial charge in [-0.25, -0.2) is 19.9 Å². The van der Waals surface area contributed by atoms with Gasteiger partial charge in [-0.05, 0) is 52.6 Å². The molecule has 60 heavy (non-hydrogen) atoms. The molecule has 0 spiro atoms. The number of fused-ring (bicyclic) bond motifs is 8. The molecule has 6 heteroatoms. The summed E-state index contributed by atoms with van der Waals surface area (Å²) >= 11 is 3.58. The summed E-state index contributed by atoms with van der Waals surface area (Å²) in [4.78, 5) is 21.0. The Labute approximate surface area is 353 Å². The standard InChI is InChI=1S/C54H32N4S2/c1-3-13-33(14-4-1)34-25-27-35(28-26-34)37-29-30-42-45(32-37)55-49(51-48(42)43-20-8-10-24-47(43)60-51)38-17-11-18-39(31-38)53-56-52(36-15-5-2-6-16-36)57-54(58-53)44-22-12-21-41-40-19-7-9-23-46(40)59-50(41)44/h1-32H. The summed E-state index contributed by atoms with van der Waals surface area (Å²) in [7, 11) is 0. The smallest absolute Gasteiger partial charge is 0.165 e. The van der Waals surface area contributed by atoms with Crippen molar-refractivity contribution >= 4 is 73.9 Å². The molecule has 12 aromatic rings. The number of hydrogen-bond donors (Lipinski definition) is 0. The highest BCUT2D eigenvalue weighted by molar-refractivity contribution is 7.26. The molecule has 4 heterocycles. The minimum atomic E-state index is 0.619. The minimum Gasteiger partial charge on any atom is -0.246 e. The monoisotopic (exact) mass is 800 g/mol. The van der Waals surface area contributed by atoms with Gasteiger partial charge < -0.3 is 0 Å². The molecule has 12 rings (SSSR count). The minimum absolute atomic E-state index is 0.619. The fourth-order valence-electron chi connectivity index (χ4n) is 8.42. The third-order valence-electron chi connectivity index (χ3n) is 11.3. The van der Waals surface area contributed by atoms with Crippen LogP contribution in [0, 0.1) is 0 Å². The molecule has 0 saturated carbocycles. The maximum Gasteiger partial charge on any atom is 0.165 e. The Morgan fingerprint density at radius 3 is 1.62 bits per heavy atom. The first-order valence-electron chi connectivity index (χ1n) is 20.0. The molecule has 0 saturated heterocycles. The summed E-state index contributed by atoms with van der Waals surface area (Å²) in [6, 6.07) is 68.5. The van der Waals surface area contributed by atoms with Crippen molar-refractivity contribution in [2.45, 2.75) is 0 Å². The Balaban J connectivity index is 1.02. The van der Waals surface area contributed by atoms with Gasteiger partial charge in [-0.1, -0.05) is 164 Å². The van der Waals surface area contributed by atoms with Gasteiger partial charge in [0.15, 0.2) is 17.5 Å². The lowest BCUT2D eigenvalue weighted by atomic mass is 9.97. The van der Waals surface area contributed by atoms with Crippen LogP contribution in [0.5, 0.6) is 0 Å². The highest BCUT2D eigenvalue weighted by atomic mass is 32.1. The van der Waals surface area contributed by atoms with E-state index in [1.165, 1.54) is 51.5 Å². The van der Waals surface area contributed by atoms with E-state index in [2.05, 4.69) is 176 Å². The van der Waals surface area contributed by atoms with E-state index in [-0.39, 0.29) is 0 Å². The molecule has 0 N–H and O–H groups in total. The summed E-state index contributed by atoms with van der Waals surface area (Å²) < 4.78 is 4.82. The summed E-state index contributed by atoms with van der Waals surface area (Å²) in [6.07, 6.45) is 0. The lowest BCUT2D eigenvalue weighted by molar-refractivity contribution is 1.08. The topological polar surface area (TPSA) is 51.6 Å². The number of pyridine rings is 1. The fourth-order valence-corrected chi connectivity index (χ4v) is 10.9. The van der Waals surface area contributed by atoms with Crippen LogP contribution >= 0.6 is 22.7 Å². The van der Waals surface area contributed by atoms with Gasteiger partial charge >= 0.3 is 0 Å². The SMILES string of the molecule is c1ccc(-c2ccc(-c3ccc4c(c3)nc(-c3cccc(-c5nc(-c6ccccc6)nc(-c6cccc7c6sc6ccccc67)n5)c3)c3sc5ccccc5c34)cc2)cc1. The molecule has 8 aromatic carbocycles. The highest BCUT2D eigenvalue weighted by Crippen LogP contribution is 2.44. The zero-order chi connectivity index (χ0) is 39.6. The maximum atomic E-state index is 5.50. The van der Waals surface area contributed by atoms with E-state index in [0.717, 1.165) is 50.0 Å². The van der Waals surface area contributed by atoms with Crippen LogP contribution in [-0.4, -0.2) is 19.9 Å². The first-order chi connectivity index (χ1) is 29.7. The third-order valence-corrected chi connectivity index (χ3v) is 13.7. The molecular formula is C54H32N4S2. The van der Waals surface area contributed by atoms with Crippen molar-refractivity contribution in [1.29, 1.82) is 0 Å². The summed E-state index contributed by atoms with van der Waals surface area (Å²) in [6.45, 7) is 0. The van der Waals surface area contributed by atoms with Crippen LogP contribution in [0.25, 0.3) is 119 Å². The van der Waals surface area contributed by atoms with Gasteiger partial charge in [-0.15, -0.1) is 22.7 Å². The largest absolute Gasteiger partial charge is 0.246 e. The highest BCUT2D eigenvalue weighted by Gasteiger charge is 2.20. The molecule has 0 atom stereocenters. The third kappa shape index (κ3) is 5.88. The Morgan fingerprint density at radius 1 is 0.300 bits per heavy atom. The van der Waals surface area contributed by atoms with E-state index in [1.807, 2.05) is 18.2 Å². The van der Waals surface area contributed by atoms with Gasteiger partial charge in [0.05, 0.1) is 15.9 Å². The van der Waals surface area contributed by atoms with Crippen LogP contribution in [0.1, 0.15) is 0 Å². The molecule has 0 fully saturated rings. The van der Waals surface area contributed by atoms with Gasteiger partial charge in [0.2, 0.25) is 0 Å². The van der Waals surface area contributed by atoms with Gasteiger partial charge in [0, 0.05) is 63.3 Å². The Bertz CT molecular complexity index is 3590. The summed E-state index contributed by atoms with van der Waals surface area (Å²) in [5.74, 6) is 1.91. The number of benzene rings is 8. The van der Waals surface area contributed by atoms with E-state index in [9.17, 15) is 0 Å². The molecule has 0 aliphatic heterocycles. The number of hydrogen-bond acceptors (Lipinski definition) is 6. The molecule has 4 nitrogen and oxygen atoms in total. The second-order valence-electron chi connectivity index (χ2n) is 15.0. The van der Waals surface area contributed by atoms with E-state index >= 15 is 0 Å². The number of nitrogens with zero attached hydrogens (tertiary/aromatic N) is 4. The van der Waals surface area contributed by atoms with Gasteiger partial charge in [0.1, 0.15) is 0 Å². The maximum absolute atomic E-state index is 5.50. The van der Waals surface area contributed by atoms with E-state index in [4.69, 9.17) is 19.9 Å². The van der Waals surface area contributed by atoms with Crippen LogP contribution in [0.2, 0.25) is 0 Å². The number of thiophene rings is 2. The fraction of sp³-hybridized carbons (Fsp3) is 0. The average molecular weight is 801 g/mol. The zero-order valence-electron chi connectivity index (χ0n) is 32.1.